The molecule has 2 aliphatic carbocycles. The summed E-state index contributed by atoms with van der Waals surface area (Å²) in [7, 11) is 0. The minimum absolute atomic E-state index is 0.523. The lowest BCUT2D eigenvalue weighted by Gasteiger charge is -2.40. The molecule has 12 aromatic rings. The Kier molecular flexibility index (Phi) is 8.24. The summed E-state index contributed by atoms with van der Waals surface area (Å²) in [4.78, 5) is 5.06. The molecule has 0 bridgehead atoms. The number of benzene rings is 11. The van der Waals surface area contributed by atoms with Crippen LogP contribution in [0.25, 0.3) is 55.3 Å². The minimum atomic E-state index is -0.616. The van der Waals surface area contributed by atoms with Crippen LogP contribution in [0.1, 0.15) is 44.5 Å². The summed E-state index contributed by atoms with van der Waals surface area (Å²) in [6.07, 6.45) is 0. The van der Waals surface area contributed by atoms with Gasteiger partial charge in [0.15, 0.2) is 0 Å². The van der Waals surface area contributed by atoms with Crippen molar-refractivity contribution < 1.29 is 9.15 Å². The summed E-state index contributed by atoms with van der Waals surface area (Å²) < 4.78 is 13.1. The standard InChI is InChI=1S/C68H41NO2S/c1-4-18-53-47(15-1)49-37-34-45(40-59(49)67(53)55-20-6-11-25-62(55)71-63-26-12-7-21-56(63)67)69(44-32-29-42(30-33-44)43-31-36-52-51-17-3-10-24-61(51)70-64(52)39-43)46-35-38-50-48-16-2-5-19-54(48)68(60(50)41-46)57-22-8-13-27-65(57)72-66-28-14-9-23-58(66)68/h1-41H. The largest absolute Gasteiger partial charge is 0.457 e. The fourth-order valence-electron chi connectivity index (χ4n) is 13.1. The molecule has 0 amide bonds. The van der Waals surface area contributed by atoms with Crippen molar-refractivity contribution in [2.75, 3.05) is 4.90 Å². The van der Waals surface area contributed by atoms with Gasteiger partial charge in [-0.15, -0.1) is 0 Å². The molecule has 2 aliphatic heterocycles. The van der Waals surface area contributed by atoms with Crippen molar-refractivity contribution in [3.63, 3.8) is 0 Å². The zero-order valence-electron chi connectivity index (χ0n) is 38.8. The van der Waals surface area contributed by atoms with Crippen LogP contribution in [0.3, 0.4) is 0 Å². The Hall–Kier alpha value is -8.83. The molecule has 11 aromatic carbocycles. The number of hydrogen-bond acceptors (Lipinski definition) is 4. The first-order valence-corrected chi connectivity index (χ1v) is 25.5. The second kappa shape index (κ2) is 14.8. The van der Waals surface area contributed by atoms with Gasteiger partial charge in [0, 0.05) is 48.8 Å². The summed E-state index contributed by atoms with van der Waals surface area (Å²) in [5.41, 5.74) is 21.2. The minimum Gasteiger partial charge on any atom is -0.457 e. The second-order valence-electron chi connectivity index (χ2n) is 19.4. The van der Waals surface area contributed by atoms with Gasteiger partial charge < -0.3 is 14.1 Å². The molecule has 0 unspecified atom stereocenters. The molecule has 1 aromatic heterocycles. The van der Waals surface area contributed by atoms with Crippen LogP contribution in [0.4, 0.5) is 17.1 Å². The van der Waals surface area contributed by atoms with Gasteiger partial charge in [0.25, 0.3) is 0 Å². The molecule has 3 nitrogen and oxygen atoms in total. The van der Waals surface area contributed by atoms with Crippen molar-refractivity contribution in [1.82, 2.24) is 0 Å². The lowest BCUT2D eigenvalue weighted by molar-refractivity contribution is 0.436. The van der Waals surface area contributed by atoms with Crippen molar-refractivity contribution >= 4 is 50.8 Å². The molecule has 0 fully saturated rings. The maximum atomic E-state index is 6.75. The van der Waals surface area contributed by atoms with Crippen LogP contribution >= 0.6 is 11.8 Å². The Morgan fingerprint density at radius 2 is 0.750 bits per heavy atom. The van der Waals surface area contributed by atoms with Crippen LogP contribution < -0.4 is 9.64 Å². The fraction of sp³-hybridized carbons (Fsp3) is 0.0294. The van der Waals surface area contributed by atoms with Gasteiger partial charge in [0.05, 0.1) is 10.8 Å². The third-order valence-corrected chi connectivity index (χ3v) is 17.2. The van der Waals surface area contributed by atoms with Gasteiger partial charge in [-0.25, -0.2) is 0 Å². The van der Waals surface area contributed by atoms with E-state index in [0.29, 0.717) is 0 Å². The topological polar surface area (TPSA) is 25.6 Å². The number of para-hydroxylation sites is 3. The smallest absolute Gasteiger partial charge is 0.136 e. The Morgan fingerprint density at radius 1 is 0.306 bits per heavy atom. The van der Waals surface area contributed by atoms with Gasteiger partial charge in [0.1, 0.15) is 22.7 Å². The monoisotopic (exact) mass is 935 g/mol. The maximum Gasteiger partial charge on any atom is 0.136 e. The SMILES string of the molecule is c1ccc2c(c1)Oc1ccccc1C21c2ccccc2-c2ccc(N(c3ccc(-c4ccc5c(c4)oc4ccccc45)cc3)c3ccc4c(c3)C3(c5ccccc5Sc5ccccc53)c3ccccc3-4)cc21. The van der Waals surface area contributed by atoms with Crippen molar-refractivity contribution in [2.45, 2.75) is 20.6 Å². The zero-order valence-corrected chi connectivity index (χ0v) is 39.7. The van der Waals surface area contributed by atoms with Crippen LogP contribution in [0.5, 0.6) is 11.5 Å². The lowest BCUT2D eigenvalue weighted by Crippen LogP contribution is -2.32. The highest BCUT2D eigenvalue weighted by molar-refractivity contribution is 7.99. The van der Waals surface area contributed by atoms with Crippen LogP contribution in [0.15, 0.2) is 263 Å². The molecular formula is C68H41NO2S. The number of ether oxygens (including phenoxy) is 1. The molecule has 0 atom stereocenters. The molecule has 0 saturated carbocycles. The van der Waals surface area contributed by atoms with Gasteiger partial charge in [-0.1, -0.05) is 182 Å². The Morgan fingerprint density at radius 3 is 1.36 bits per heavy atom. The van der Waals surface area contributed by atoms with Gasteiger partial charge >= 0.3 is 0 Å². The molecule has 336 valence electrons. The van der Waals surface area contributed by atoms with Crippen LogP contribution in [0, 0.1) is 0 Å². The first-order valence-electron chi connectivity index (χ1n) is 24.7. The molecule has 4 heteroatoms. The van der Waals surface area contributed by atoms with E-state index in [9.17, 15) is 0 Å². The highest BCUT2D eigenvalue weighted by atomic mass is 32.2. The van der Waals surface area contributed by atoms with Crippen LogP contribution in [-0.4, -0.2) is 0 Å². The molecule has 16 rings (SSSR count). The lowest BCUT2D eigenvalue weighted by atomic mass is 9.66. The highest BCUT2D eigenvalue weighted by Gasteiger charge is 2.52. The first kappa shape index (κ1) is 40.0. The number of rotatable bonds is 4. The Balaban J connectivity index is 0.940. The van der Waals surface area contributed by atoms with E-state index in [0.717, 1.165) is 72.8 Å². The number of fused-ring (bicyclic) bond motifs is 21. The van der Waals surface area contributed by atoms with Gasteiger partial charge in [-0.3, -0.25) is 0 Å². The van der Waals surface area contributed by atoms with Crippen molar-refractivity contribution in [3.05, 3.63) is 293 Å². The van der Waals surface area contributed by atoms with Crippen molar-refractivity contribution in [2.24, 2.45) is 0 Å². The molecule has 2 spiro atoms. The van der Waals surface area contributed by atoms with E-state index in [4.69, 9.17) is 9.15 Å². The average Bonchev–Trinajstić information content (AvgIpc) is 4.06. The van der Waals surface area contributed by atoms with Crippen LogP contribution in [-0.2, 0) is 10.8 Å². The summed E-state index contributed by atoms with van der Waals surface area (Å²) in [6.45, 7) is 0. The quantitative estimate of drug-likeness (QED) is 0.176. The van der Waals surface area contributed by atoms with E-state index in [1.54, 1.807) is 0 Å². The van der Waals surface area contributed by atoms with E-state index in [-0.39, 0.29) is 0 Å². The zero-order chi connectivity index (χ0) is 47.1. The summed E-state index contributed by atoms with van der Waals surface area (Å²) in [5, 5.41) is 2.26. The molecule has 0 radical (unpaired) electrons. The first-order chi connectivity index (χ1) is 35.7. The molecule has 0 saturated heterocycles. The van der Waals surface area contributed by atoms with Gasteiger partial charge in [-0.05, 0) is 146 Å². The molecular weight excluding hydrogens is 895 g/mol. The normalized spacial score (nSPS) is 14.4. The maximum absolute atomic E-state index is 6.75. The number of furan rings is 1. The Labute approximate surface area is 421 Å². The van der Waals surface area contributed by atoms with Gasteiger partial charge in [-0.2, -0.15) is 0 Å². The molecule has 0 N–H and O–H groups in total. The van der Waals surface area contributed by atoms with E-state index >= 15 is 0 Å². The second-order valence-corrected chi connectivity index (χ2v) is 20.5. The van der Waals surface area contributed by atoms with E-state index in [1.165, 1.54) is 65.4 Å². The summed E-state index contributed by atoms with van der Waals surface area (Å²) in [5.74, 6) is 1.76. The van der Waals surface area contributed by atoms with Crippen molar-refractivity contribution in [1.29, 1.82) is 0 Å². The van der Waals surface area contributed by atoms with E-state index in [2.05, 4.69) is 241 Å². The van der Waals surface area contributed by atoms with Crippen molar-refractivity contribution in [3.8, 4) is 44.9 Å². The third-order valence-electron chi connectivity index (χ3n) is 16.0. The van der Waals surface area contributed by atoms with E-state index < -0.39 is 10.8 Å². The average molecular weight is 936 g/mol. The predicted molar refractivity (Wildman–Crippen MR) is 293 cm³/mol. The predicted octanol–water partition coefficient (Wildman–Crippen LogP) is 18.0. The van der Waals surface area contributed by atoms with Crippen LogP contribution in [0.2, 0.25) is 0 Å². The molecule has 3 heterocycles. The number of anilines is 3. The number of nitrogens with zero attached hydrogens (tertiary/aromatic N) is 1. The summed E-state index contributed by atoms with van der Waals surface area (Å²) in [6, 6.07) is 91.7. The Bertz CT molecular complexity index is 3970. The molecule has 4 aliphatic rings. The number of hydrogen-bond donors (Lipinski definition) is 0. The third kappa shape index (κ3) is 5.26. The van der Waals surface area contributed by atoms with E-state index in [1.807, 2.05) is 23.9 Å². The summed E-state index contributed by atoms with van der Waals surface area (Å²) >= 11 is 1.88. The molecule has 72 heavy (non-hydrogen) atoms. The van der Waals surface area contributed by atoms with Gasteiger partial charge in [0.2, 0.25) is 0 Å². The highest BCUT2D eigenvalue weighted by Crippen LogP contribution is 2.65. The fourth-order valence-corrected chi connectivity index (χ4v) is 14.3.